The van der Waals surface area contributed by atoms with Crippen LogP contribution in [0.15, 0.2) is 24.3 Å². The van der Waals surface area contributed by atoms with E-state index in [0.717, 1.165) is 5.56 Å². The molecule has 0 radical (unpaired) electrons. The van der Waals surface area contributed by atoms with Crippen molar-refractivity contribution in [3.63, 3.8) is 0 Å². The highest BCUT2D eigenvalue weighted by atomic mass is 16.4. The highest BCUT2D eigenvalue weighted by Crippen LogP contribution is 2.15. The first kappa shape index (κ1) is 16.0. The first-order valence-electron chi connectivity index (χ1n) is 6.42. The topological polar surface area (TPSA) is 89.9 Å². The third-order valence-corrected chi connectivity index (χ3v) is 2.93. The molecule has 0 aliphatic heterocycles. The van der Waals surface area contributed by atoms with Crippen LogP contribution in [0.5, 0.6) is 0 Å². The average molecular weight is 280 g/mol. The Morgan fingerprint density at radius 3 is 2.25 bits per heavy atom. The number of aliphatic hydroxyl groups is 1. The van der Waals surface area contributed by atoms with Crippen LogP contribution in [0, 0.1) is 6.92 Å². The number of carboxylic acids is 1. The number of carboxylic acid groups (broad SMARTS) is 1. The van der Waals surface area contributed by atoms with Crippen molar-refractivity contribution in [1.82, 2.24) is 5.32 Å². The lowest BCUT2D eigenvalue weighted by Gasteiger charge is -2.25. The fourth-order valence-corrected chi connectivity index (χ4v) is 1.77. The second kappa shape index (κ2) is 6.91. The van der Waals surface area contributed by atoms with Crippen molar-refractivity contribution in [3.8, 4) is 0 Å². The molecular weight excluding hydrogens is 260 g/mol. The Kier molecular flexibility index (Phi) is 5.52. The summed E-state index contributed by atoms with van der Waals surface area (Å²) in [5, 5.41) is 20.7. The number of urea groups is 1. The molecule has 0 spiro atoms. The van der Waals surface area contributed by atoms with Crippen molar-refractivity contribution in [2.45, 2.75) is 32.9 Å². The fourth-order valence-electron chi connectivity index (χ4n) is 1.77. The lowest BCUT2D eigenvalue weighted by Crippen LogP contribution is -2.52. The van der Waals surface area contributed by atoms with Gasteiger partial charge in [-0.3, -0.25) is 4.90 Å². The van der Waals surface area contributed by atoms with E-state index in [0.29, 0.717) is 12.2 Å². The van der Waals surface area contributed by atoms with Gasteiger partial charge in [0.15, 0.2) is 6.04 Å². The van der Waals surface area contributed by atoms with Crippen LogP contribution in [0.1, 0.15) is 19.4 Å². The minimum Gasteiger partial charge on any atom is -0.480 e. The van der Waals surface area contributed by atoms with Crippen molar-refractivity contribution < 1.29 is 19.8 Å². The van der Waals surface area contributed by atoms with Gasteiger partial charge in [-0.1, -0.05) is 17.7 Å². The maximum Gasteiger partial charge on any atom is 0.328 e. The van der Waals surface area contributed by atoms with Gasteiger partial charge in [0, 0.05) is 12.2 Å². The summed E-state index contributed by atoms with van der Waals surface area (Å²) in [6, 6.07) is 5.43. The Balaban J connectivity index is 2.87. The minimum atomic E-state index is -1.33. The number of aliphatic hydroxyl groups excluding tert-OH is 1. The number of anilines is 1. The van der Waals surface area contributed by atoms with Crippen molar-refractivity contribution in [2.75, 3.05) is 11.4 Å². The van der Waals surface area contributed by atoms with Crippen LogP contribution in [0.3, 0.4) is 0 Å². The molecule has 0 fully saturated rings. The van der Waals surface area contributed by atoms with Crippen LogP contribution in [-0.2, 0) is 4.79 Å². The Morgan fingerprint density at radius 2 is 1.85 bits per heavy atom. The molecule has 0 aromatic heterocycles. The first-order chi connectivity index (χ1) is 9.36. The van der Waals surface area contributed by atoms with Crippen molar-refractivity contribution in [2.24, 2.45) is 0 Å². The quantitative estimate of drug-likeness (QED) is 0.759. The average Bonchev–Trinajstić information content (AvgIpc) is 2.38. The second-order valence-corrected chi connectivity index (χ2v) is 4.59. The summed E-state index contributed by atoms with van der Waals surface area (Å²) in [5.41, 5.74) is 1.74. The summed E-state index contributed by atoms with van der Waals surface area (Å²) in [4.78, 5) is 24.5. The Hall–Kier alpha value is -2.08. The van der Waals surface area contributed by atoms with Crippen LogP contribution in [-0.4, -0.2) is 40.9 Å². The summed E-state index contributed by atoms with van der Waals surface area (Å²) >= 11 is 0. The fraction of sp³-hybridized carbons (Fsp3) is 0.429. The van der Waals surface area contributed by atoms with Gasteiger partial charge in [0.25, 0.3) is 0 Å². The van der Waals surface area contributed by atoms with Crippen molar-refractivity contribution in [3.05, 3.63) is 29.8 Å². The first-order valence-corrected chi connectivity index (χ1v) is 6.42. The van der Waals surface area contributed by atoms with Gasteiger partial charge in [0.05, 0.1) is 6.10 Å². The van der Waals surface area contributed by atoms with E-state index in [1.807, 2.05) is 19.1 Å². The number of hydrogen-bond donors (Lipinski definition) is 3. The maximum absolute atomic E-state index is 12.1. The number of nitrogens with zero attached hydrogens (tertiary/aromatic N) is 1. The Bertz CT molecular complexity index is 471. The summed E-state index contributed by atoms with van der Waals surface area (Å²) in [6.45, 7) is 5.44. The Labute approximate surface area is 118 Å². The van der Waals surface area contributed by atoms with E-state index in [9.17, 15) is 14.7 Å². The molecule has 20 heavy (non-hydrogen) atoms. The molecule has 0 heterocycles. The normalized spacial score (nSPS) is 13.4. The third-order valence-electron chi connectivity index (χ3n) is 2.93. The zero-order chi connectivity index (χ0) is 15.3. The van der Waals surface area contributed by atoms with Crippen LogP contribution < -0.4 is 10.2 Å². The number of nitrogens with one attached hydrogen (secondary N) is 1. The predicted molar refractivity (Wildman–Crippen MR) is 75.8 cm³/mol. The van der Waals surface area contributed by atoms with Crippen LogP contribution in [0.2, 0.25) is 0 Å². The van der Waals surface area contributed by atoms with E-state index in [1.54, 1.807) is 19.1 Å². The highest BCUT2D eigenvalue weighted by molar-refractivity contribution is 5.94. The van der Waals surface area contributed by atoms with Gasteiger partial charge >= 0.3 is 12.0 Å². The summed E-state index contributed by atoms with van der Waals surface area (Å²) in [6.07, 6.45) is -1.17. The molecule has 2 atom stereocenters. The molecule has 0 unspecified atom stereocenters. The molecule has 3 N–H and O–H groups in total. The summed E-state index contributed by atoms with van der Waals surface area (Å²) in [5.74, 6) is -1.27. The number of rotatable bonds is 5. The molecule has 6 nitrogen and oxygen atoms in total. The molecule has 0 saturated carbocycles. The number of benzene rings is 1. The Morgan fingerprint density at radius 1 is 1.30 bits per heavy atom. The summed E-state index contributed by atoms with van der Waals surface area (Å²) < 4.78 is 0. The molecule has 0 aliphatic rings. The molecule has 0 aliphatic carbocycles. The minimum absolute atomic E-state index is 0.390. The molecule has 2 amide bonds. The summed E-state index contributed by atoms with van der Waals surface area (Å²) in [7, 11) is 0. The number of carbonyl (C=O) groups is 2. The predicted octanol–water partition coefficient (Wildman–Crippen LogP) is 1.36. The molecule has 1 aromatic carbocycles. The largest absolute Gasteiger partial charge is 0.480 e. The number of hydrogen-bond acceptors (Lipinski definition) is 3. The number of amides is 2. The van der Waals surface area contributed by atoms with Crippen molar-refractivity contribution >= 4 is 17.7 Å². The molecule has 6 heteroatoms. The maximum atomic E-state index is 12.1. The van der Waals surface area contributed by atoms with E-state index in [1.165, 1.54) is 11.8 Å². The zero-order valence-electron chi connectivity index (χ0n) is 11.8. The van der Waals surface area contributed by atoms with Crippen molar-refractivity contribution in [1.29, 1.82) is 0 Å². The lowest BCUT2D eigenvalue weighted by atomic mass is 10.2. The van der Waals surface area contributed by atoms with Gasteiger partial charge in [-0.05, 0) is 32.9 Å². The molecular formula is C14H20N2O4. The van der Waals surface area contributed by atoms with Gasteiger partial charge in [0.1, 0.15) is 0 Å². The van der Waals surface area contributed by atoms with E-state index in [2.05, 4.69) is 5.32 Å². The van der Waals surface area contributed by atoms with Gasteiger partial charge in [-0.15, -0.1) is 0 Å². The molecule has 110 valence electrons. The second-order valence-electron chi connectivity index (χ2n) is 4.59. The number of aliphatic carboxylic acids is 1. The van der Waals surface area contributed by atoms with E-state index < -0.39 is 24.1 Å². The lowest BCUT2D eigenvalue weighted by molar-refractivity contribution is -0.141. The molecule has 1 aromatic rings. The van der Waals surface area contributed by atoms with E-state index >= 15 is 0 Å². The molecule has 0 saturated heterocycles. The number of carbonyl (C=O) groups excluding carboxylic acids is 1. The number of aryl methyl sites for hydroxylation is 1. The van der Waals surface area contributed by atoms with Gasteiger partial charge in [-0.2, -0.15) is 0 Å². The van der Waals surface area contributed by atoms with Gasteiger partial charge in [-0.25, -0.2) is 9.59 Å². The zero-order valence-corrected chi connectivity index (χ0v) is 11.8. The smallest absolute Gasteiger partial charge is 0.328 e. The van der Waals surface area contributed by atoms with Gasteiger partial charge in [0.2, 0.25) is 0 Å². The van der Waals surface area contributed by atoms with Crippen LogP contribution >= 0.6 is 0 Å². The SMILES string of the molecule is CCN(C(=O)N[C@H](C(=O)O)[C@@H](C)O)c1ccc(C)cc1. The van der Waals surface area contributed by atoms with E-state index in [4.69, 9.17) is 5.11 Å². The standard InChI is InChI=1S/C14H20N2O4/c1-4-16(11-7-5-9(2)6-8-11)14(20)15-12(10(3)17)13(18)19/h5-8,10,12,17H,4H2,1-3H3,(H,15,20)(H,18,19)/t10-,12+/m1/s1. The monoisotopic (exact) mass is 280 g/mol. The van der Waals surface area contributed by atoms with Gasteiger partial charge < -0.3 is 15.5 Å². The molecule has 1 rings (SSSR count). The van der Waals surface area contributed by atoms with E-state index in [-0.39, 0.29) is 0 Å². The third kappa shape index (κ3) is 3.96. The molecule has 0 bridgehead atoms. The van der Waals surface area contributed by atoms with Crippen LogP contribution in [0.25, 0.3) is 0 Å². The highest BCUT2D eigenvalue weighted by Gasteiger charge is 2.27. The van der Waals surface area contributed by atoms with Crippen LogP contribution in [0.4, 0.5) is 10.5 Å².